The van der Waals surface area contributed by atoms with Crippen LogP contribution in [0.4, 0.5) is 0 Å². The van der Waals surface area contributed by atoms with Gasteiger partial charge in [-0.25, -0.2) is 9.97 Å². The molecule has 3 rings (SSSR count). The van der Waals surface area contributed by atoms with E-state index in [1.54, 1.807) is 13.1 Å². The first-order valence-electron chi connectivity index (χ1n) is 14.4. The van der Waals surface area contributed by atoms with E-state index in [4.69, 9.17) is 4.98 Å². The van der Waals surface area contributed by atoms with E-state index in [0.717, 1.165) is 31.1 Å². The van der Waals surface area contributed by atoms with Gasteiger partial charge in [0.15, 0.2) is 5.16 Å². The number of hydrogen-bond donors (Lipinski definition) is 2. The fourth-order valence-corrected chi connectivity index (χ4v) is 12.0. The van der Waals surface area contributed by atoms with E-state index in [-0.39, 0.29) is 42.3 Å². The molecule has 0 spiro atoms. The number of nitrogens with zero attached hydrogens (tertiary/aromatic N) is 3. The highest BCUT2D eigenvalue weighted by molar-refractivity contribution is 7.98. The first-order valence-corrected chi connectivity index (χ1v) is 17.9. The zero-order chi connectivity index (χ0) is 29.6. The van der Waals surface area contributed by atoms with Crippen molar-refractivity contribution in [2.45, 2.75) is 114 Å². The Morgan fingerprint density at radius 1 is 1.05 bits per heavy atom. The van der Waals surface area contributed by atoms with Gasteiger partial charge in [0.2, 0.25) is 11.8 Å². The summed E-state index contributed by atoms with van der Waals surface area (Å²) in [6.07, 6.45) is 7.13. The van der Waals surface area contributed by atoms with E-state index in [1.165, 1.54) is 11.8 Å². The molecule has 0 aromatic carbocycles. The Morgan fingerprint density at radius 2 is 1.65 bits per heavy atom. The van der Waals surface area contributed by atoms with Gasteiger partial charge >= 0.3 is 0 Å². The molecule has 0 atom stereocenters. The molecule has 2 amide bonds. The molecule has 1 fully saturated rings. The standard InChI is InChI=1S/C30H45N5O3SSi/c1-19(2)40(20(3)4,21(5)6)16-15-22-17-28(38)35(29-25(22)18-32-30(34-29)39-8)24-11-9-23(10-12-24)33-27(37)14-13-26(36)31-7/h17-21,23-24H,9-14H2,1-8H3,(H,31,36)(H,33,37). The molecule has 1 aliphatic carbocycles. The minimum atomic E-state index is -1.99. The Kier molecular flexibility index (Phi) is 11.0. The number of carbonyl (C=O) groups is 2. The van der Waals surface area contributed by atoms with Crippen molar-refractivity contribution in [3.05, 3.63) is 28.2 Å². The van der Waals surface area contributed by atoms with Crippen LogP contribution in [-0.2, 0) is 9.59 Å². The summed E-state index contributed by atoms with van der Waals surface area (Å²) in [5.74, 6) is 3.21. The number of pyridine rings is 1. The first kappa shape index (κ1) is 31.9. The van der Waals surface area contributed by atoms with Crippen LogP contribution in [0.2, 0.25) is 16.6 Å². The predicted octanol–water partition coefficient (Wildman–Crippen LogP) is 5.21. The van der Waals surface area contributed by atoms with E-state index in [2.05, 4.69) is 68.6 Å². The van der Waals surface area contributed by atoms with E-state index >= 15 is 0 Å². The summed E-state index contributed by atoms with van der Waals surface area (Å²) in [6, 6.07) is 1.69. The molecule has 10 heteroatoms. The molecule has 2 aromatic heterocycles. The third kappa shape index (κ3) is 6.97. The van der Waals surface area contributed by atoms with Crippen molar-refractivity contribution in [2.24, 2.45) is 0 Å². The van der Waals surface area contributed by atoms with Crippen LogP contribution in [0, 0.1) is 11.5 Å². The summed E-state index contributed by atoms with van der Waals surface area (Å²) >= 11 is 1.45. The highest BCUT2D eigenvalue weighted by Crippen LogP contribution is 2.41. The Morgan fingerprint density at radius 3 is 2.20 bits per heavy atom. The number of rotatable bonds is 9. The minimum absolute atomic E-state index is 0.0175. The quantitative estimate of drug-likeness (QED) is 0.182. The van der Waals surface area contributed by atoms with Gasteiger partial charge in [-0.05, 0) is 48.6 Å². The lowest BCUT2D eigenvalue weighted by Gasteiger charge is -2.38. The second kappa shape index (κ2) is 13.8. The second-order valence-electron chi connectivity index (χ2n) is 11.8. The van der Waals surface area contributed by atoms with Crippen LogP contribution in [-0.4, -0.2) is 53.8 Å². The SMILES string of the molecule is CNC(=O)CCC(=O)NC1CCC(n2c(=O)cc(C#C[Si](C(C)C)(C(C)C)C(C)C)c3cnc(SC)nc32)CC1. The Labute approximate surface area is 243 Å². The summed E-state index contributed by atoms with van der Waals surface area (Å²) in [5, 5.41) is 7.03. The van der Waals surface area contributed by atoms with E-state index < -0.39 is 8.07 Å². The molecular weight excluding hydrogens is 539 g/mol. The van der Waals surface area contributed by atoms with Crippen LogP contribution in [0.25, 0.3) is 11.0 Å². The predicted molar refractivity (Wildman–Crippen MR) is 166 cm³/mol. The minimum Gasteiger partial charge on any atom is -0.359 e. The average molecular weight is 584 g/mol. The smallest absolute Gasteiger partial charge is 0.253 e. The van der Waals surface area contributed by atoms with E-state index in [9.17, 15) is 14.4 Å². The highest BCUT2D eigenvalue weighted by atomic mass is 32.2. The topological polar surface area (TPSA) is 106 Å². The summed E-state index contributed by atoms with van der Waals surface area (Å²) < 4.78 is 1.82. The second-order valence-corrected chi connectivity index (χ2v) is 18.1. The van der Waals surface area contributed by atoms with Crippen LogP contribution in [0.15, 0.2) is 22.2 Å². The van der Waals surface area contributed by atoms with E-state index in [1.807, 2.05) is 17.0 Å². The number of nitrogens with one attached hydrogen (secondary N) is 2. The van der Waals surface area contributed by atoms with Crippen LogP contribution < -0.4 is 16.2 Å². The van der Waals surface area contributed by atoms with Gasteiger partial charge < -0.3 is 10.6 Å². The van der Waals surface area contributed by atoms with Gasteiger partial charge in [-0.3, -0.25) is 19.0 Å². The molecule has 0 radical (unpaired) electrons. The van der Waals surface area contributed by atoms with Gasteiger partial charge in [-0.1, -0.05) is 59.2 Å². The average Bonchev–Trinajstić information content (AvgIpc) is 2.91. The van der Waals surface area contributed by atoms with Crippen molar-refractivity contribution in [1.29, 1.82) is 0 Å². The van der Waals surface area contributed by atoms with Gasteiger partial charge in [0, 0.05) is 49.8 Å². The first-order chi connectivity index (χ1) is 18.9. The summed E-state index contributed by atoms with van der Waals surface area (Å²) in [4.78, 5) is 46.7. The fourth-order valence-electron chi connectivity index (χ4n) is 6.40. The number of thioether (sulfide) groups is 1. The van der Waals surface area contributed by atoms with Crippen molar-refractivity contribution in [3.8, 4) is 11.5 Å². The molecule has 0 bridgehead atoms. The van der Waals surface area contributed by atoms with Gasteiger partial charge in [0.05, 0.1) is 5.39 Å². The molecule has 0 aliphatic heterocycles. The van der Waals surface area contributed by atoms with Crippen LogP contribution in [0.5, 0.6) is 0 Å². The highest BCUT2D eigenvalue weighted by Gasteiger charge is 2.41. The summed E-state index contributed by atoms with van der Waals surface area (Å²) in [7, 11) is -0.420. The van der Waals surface area contributed by atoms with Crippen molar-refractivity contribution >= 4 is 42.7 Å². The van der Waals surface area contributed by atoms with Crippen LogP contribution >= 0.6 is 11.8 Å². The van der Waals surface area contributed by atoms with Crippen LogP contribution in [0.1, 0.15) is 91.7 Å². The van der Waals surface area contributed by atoms with Crippen LogP contribution in [0.3, 0.4) is 0 Å². The molecule has 1 aliphatic rings. The van der Waals surface area contributed by atoms with Gasteiger partial charge in [-0.15, -0.1) is 5.54 Å². The molecule has 218 valence electrons. The maximum Gasteiger partial charge on any atom is 0.253 e. The molecule has 8 nitrogen and oxygen atoms in total. The molecule has 0 unspecified atom stereocenters. The Hall–Kier alpha value is -2.64. The lowest BCUT2D eigenvalue weighted by Crippen LogP contribution is -2.43. The Balaban J connectivity index is 1.94. The zero-order valence-electron chi connectivity index (χ0n) is 25.3. The largest absolute Gasteiger partial charge is 0.359 e. The van der Waals surface area contributed by atoms with Crippen molar-refractivity contribution in [2.75, 3.05) is 13.3 Å². The molecular formula is C30H45N5O3SSi. The molecule has 2 aromatic rings. The lowest BCUT2D eigenvalue weighted by molar-refractivity contribution is -0.126. The fraction of sp³-hybridized carbons (Fsp3) is 0.633. The number of amides is 2. The maximum atomic E-state index is 13.6. The number of fused-ring (bicyclic) bond motifs is 1. The molecule has 40 heavy (non-hydrogen) atoms. The summed E-state index contributed by atoms with van der Waals surface area (Å²) in [6.45, 7) is 13.7. The number of hydrogen-bond acceptors (Lipinski definition) is 6. The van der Waals surface area contributed by atoms with E-state index in [0.29, 0.717) is 33.0 Å². The third-order valence-electron chi connectivity index (χ3n) is 8.52. The van der Waals surface area contributed by atoms with Crippen molar-refractivity contribution in [1.82, 2.24) is 25.2 Å². The third-order valence-corrected chi connectivity index (χ3v) is 15.4. The molecule has 2 N–H and O–H groups in total. The molecule has 0 saturated heterocycles. The van der Waals surface area contributed by atoms with Gasteiger partial charge in [-0.2, -0.15) is 0 Å². The van der Waals surface area contributed by atoms with Crippen molar-refractivity contribution in [3.63, 3.8) is 0 Å². The number of aromatic nitrogens is 3. The normalized spacial score (nSPS) is 17.7. The Bertz CT molecular complexity index is 1310. The van der Waals surface area contributed by atoms with Gasteiger partial charge in [0.25, 0.3) is 5.56 Å². The number of carbonyl (C=O) groups excluding carboxylic acids is 2. The summed E-state index contributed by atoms with van der Waals surface area (Å²) in [5.41, 5.74) is 6.48. The monoisotopic (exact) mass is 583 g/mol. The van der Waals surface area contributed by atoms with Gasteiger partial charge in [0.1, 0.15) is 13.7 Å². The van der Waals surface area contributed by atoms with Crippen molar-refractivity contribution < 1.29 is 9.59 Å². The lowest BCUT2D eigenvalue weighted by atomic mass is 9.90. The molecule has 2 heterocycles. The maximum absolute atomic E-state index is 13.6. The zero-order valence-corrected chi connectivity index (χ0v) is 27.1. The molecule has 1 saturated carbocycles.